The third kappa shape index (κ3) is 4.91. The van der Waals surface area contributed by atoms with E-state index >= 15 is 0 Å². The largest absolute Gasteiger partial charge is 0.352 e. The highest BCUT2D eigenvalue weighted by Gasteiger charge is 2.29. The number of amides is 2. The Morgan fingerprint density at radius 1 is 1.00 bits per heavy atom. The van der Waals surface area contributed by atoms with Crippen molar-refractivity contribution in [1.82, 2.24) is 10.3 Å². The summed E-state index contributed by atoms with van der Waals surface area (Å²) in [6, 6.07) is 11.6. The fourth-order valence-electron chi connectivity index (χ4n) is 3.34. The second-order valence-electron chi connectivity index (χ2n) is 6.98. The summed E-state index contributed by atoms with van der Waals surface area (Å²) in [5.74, 6) is 0.114. The Kier molecular flexibility index (Phi) is 6.00. The van der Waals surface area contributed by atoms with E-state index in [0.717, 1.165) is 36.9 Å². The molecule has 0 atom stereocenters. The Labute approximate surface area is 154 Å². The Hall–Kier alpha value is -2.69. The second-order valence-corrected chi connectivity index (χ2v) is 6.98. The number of aryl methyl sites for hydroxylation is 1. The maximum atomic E-state index is 12.4. The summed E-state index contributed by atoms with van der Waals surface area (Å²) >= 11 is 0. The smallest absolute Gasteiger partial charge is 0.227 e. The zero-order chi connectivity index (χ0) is 18.4. The van der Waals surface area contributed by atoms with Gasteiger partial charge in [0.05, 0.1) is 0 Å². The first-order valence-corrected chi connectivity index (χ1v) is 9.16. The lowest BCUT2D eigenvalue weighted by Crippen LogP contribution is -2.35. The van der Waals surface area contributed by atoms with Gasteiger partial charge in [0.25, 0.3) is 0 Å². The second kappa shape index (κ2) is 8.61. The number of rotatable bonds is 5. The first kappa shape index (κ1) is 18.1. The molecule has 0 radical (unpaired) electrons. The lowest BCUT2D eigenvalue weighted by atomic mass is 9.81. The van der Waals surface area contributed by atoms with Gasteiger partial charge in [-0.1, -0.05) is 23.8 Å². The zero-order valence-corrected chi connectivity index (χ0v) is 15.1. The quantitative estimate of drug-likeness (QED) is 0.867. The molecule has 0 spiro atoms. The highest BCUT2D eigenvalue weighted by Crippen LogP contribution is 2.30. The first-order chi connectivity index (χ1) is 12.6. The molecule has 1 aromatic heterocycles. The lowest BCUT2D eigenvalue weighted by Gasteiger charge is -2.27. The summed E-state index contributed by atoms with van der Waals surface area (Å²) in [6.07, 6.45) is 6.49. The van der Waals surface area contributed by atoms with Crippen LogP contribution in [0.2, 0.25) is 0 Å². The van der Waals surface area contributed by atoms with E-state index in [1.165, 1.54) is 5.56 Å². The number of nitrogens with one attached hydrogen (secondary N) is 2. The molecule has 5 nitrogen and oxygen atoms in total. The predicted octanol–water partition coefficient (Wildman–Crippen LogP) is 3.45. The number of nitrogens with zero attached hydrogens (tertiary/aromatic N) is 1. The van der Waals surface area contributed by atoms with Crippen LogP contribution in [0.3, 0.4) is 0 Å². The lowest BCUT2D eigenvalue weighted by molar-refractivity contribution is -0.128. The highest BCUT2D eigenvalue weighted by molar-refractivity contribution is 5.92. The molecule has 0 saturated heterocycles. The van der Waals surface area contributed by atoms with E-state index in [4.69, 9.17) is 0 Å². The van der Waals surface area contributed by atoms with Crippen LogP contribution in [0.25, 0.3) is 0 Å². The van der Waals surface area contributed by atoms with Crippen LogP contribution in [-0.4, -0.2) is 16.8 Å². The summed E-state index contributed by atoms with van der Waals surface area (Å²) < 4.78 is 0. The molecule has 1 fully saturated rings. The molecule has 1 aliphatic carbocycles. The van der Waals surface area contributed by atoms with Gasteiger partial charge in [0.15, 0.2) is 0 Å². The summed E-state index contributed by atoms with van der Waals surface area (Å²) in [5, 5.41) is 5.96. The Morgan fingerprint density at radius 3 is 2.27 bits per heavy atom. The van der Waals surface area contributed by atoms with Gasteiger partial charge in [-0.25, -0.2) is 0 Å². The average Bonchev–Trinajstić information content (AvgIpc) is 2.69. The van der Waals surface area contributed by atoms with Gasteiger partial charge in [0.2, 0.25) is 11.8 Å². The normalized spacial score (nSPS) is 19.6. The van der Waals surface area contributed by atoms with E-state index in [0.29, 0.717) is 6.54 Å². The minimum absolute atomic E-state index is 0.00454. The molecule has 2 aromatic rings. The fraction of sp³-hybridized carbons (Fsp3) is 0.381. The van der Waals surface area contributed by atoms with Gasteiger partial charge in [0, 0.05) is 36.5 Å². The van der Waals surface area contributed by atoms with Crippen LogP contribution in [0, 0.1) is 18.8 Å². The van der Waals surface area contributed by atoms with Gasteiger partial charge in [-0.2, -0.15) is 0 Å². The topological polar surface area (TPSA) is 71.1 Å². The number of carbonyl (C=O) groups is 2. The van der Waals surface area contributed by atoms with Crippen LogP contribution in [0.1, 0.15) is 36.8 Å². The van der Waals surface area contributed by atoms with Crippen molar-refractivity contribution in [1.29, 1.82) is 0 Å². The molecular weight excluding hydrogens is 326 g/mol. The summed E-state index contributed by atoms with van der Waals surface area (Å²) in [7, 11) is 0. The predicted molar refractivity (Wildman–Crippen MR) is 101 cm³/mol. The fourth-order valence-corrected chi connectivity index (χ4v) is 3.34. The molecular formula is C21H25N3O2. The average molecular weight is 351 g/mol. The molecule has 2 N–H and O–H groups in total. The number of anilines is 1. The maximum absolute atomic E-state index is 12.4. The van der Waals surface area contributed by atoms with E-state index in [2.05, 4.69) is 15.6 Å². The van der Waals surface area contributed by atoms with Crippen LogP contribution in [0.5, 0.6) is 0 Å². The summed E-state index contributed by atoms with van der Waals surface area (Å²) in [5.41, 5.74) is 2.99. The van der Waals surface area contributed by atoms with Gasteiger partial charge >= 0.3 is 0 Å². The van der Waals surface area contributed by atoms with Crippen molar-refractivity contribution in [3.8, 4) is 0 Å². The molecule has 1 saturated carbocycles. The monoisotopic (exact) mass is 351 g/mol. The van der Waals surface area contributed by atoms with Crippen LogP contribution in [0.15, 0.2) is 48.8 Å². The number of hydrogen-bond acceptors (Lipinski definition) is 3. The van der Waals surface area contributed by atoms with Crippen molar-refractivity contribution in [3.63, 3.8) is 0 Å². The van der Waals surface area contributed by atoms with Gasteiger partial charge < -0.3 is 10.6 Å². The summed E-state index contributed by atoms with van der Waals surface area (Å²) in [4.78, 5) is 28.8. The molecule has 5 heteroatoms. The molecule has 0 aliphatic heterocycles. The van der Waals surface area contributed by atoms with Crippen molar-refractivity contribution >= 4 is 17.5 Å². The maximum Gasteiger partial charge on any atom is 0.227 e. The van der Waals surface area contributed by atoms with Gasteiger partial charge in [-0.05, 0) is 56.4 Å². The number of aromatic nitrogens is 1. The molecule has 1 aromatic carbocycles. The van der Waals surface area contributed by atoms with E-state index in [-0.39, 0.29) is 23.7 Å². The molecule has 3 rings (SSSR count). The number of benzene rings is 1. The van der Waals surface area contributed by atoms with Crippen molar-refractivity contribution in [3.05, 3.63) is 59.9 Å². The van der Waals surface area contributed by atoms with E-state index in [9.17, 15) is 9.59 Å². The standard InChI is InChI=1S/C21H25N3O2/c1-15-4-10-19(11-5-15)24-21(26)18-8-6-17(7-9-18)20(25)23-14-16-3-2-12-22-13-16/h2-5,10-13,17-18H,6-9,14H2,1H3,(H,23,25)(H,24,26). The van der Waals surface area contributed by atoms with E-state index in [1.807, 2.05) is 43.3 Å². The van der Waals surface area contributed by atoms with Crippen molar-refractivity contribution in [2.75, 3.05) is 5.32 Å². The molecule has 1 aliphatic rings. The van der Waals surface area contributed by atoms with Crippen LogP contribution < -0.4 is 10.6 Å². The molecule has 136 valence electrons. The van der Waals surface area contributed by atoms with Crippen molar-refractivity contribution < 1.29 is 9.59 Å². The van der Waals surface area contributed by atoms with Crippen LogP contribution >= 0.6 is 0 Å². The minimum Gasteiger partial charge on any atom is -0.352 e. The highest BCUT2D eigenvalue weighted by atomic mass is 16.2. The molecule has 0 unspecified atom stereocenters. The Morgan fingerprint density at radius 2 is 1.65 bits per heavy atom. The Balaban J connectivity index is 1.43. The molecule has 1 heterocycles. The first-order valence-electron chi connectivity index (χ1n) is 9.16. The van der Waals surface area contributed by atoms with Gasteiger partial charge in [-0.15, -0.1) is 0 Å². The van der Waals surface area contributed by atoms with Crippen molar-refractivity contribution in [2.45, 2.75) is 39.2 Å². The SMILES string of the molecule is Cc1ccc(NC(=O)C2CCC(C(=O)NCc3cccnc3)CC2)cc1. The van der Waals surface area contributed by atoms with Crippen LogP contribution in [0.4, 0.5) is 5.69 Å². The third-order valence-corrected chi connectivity index (χ3v) is 4.98. The minimum atomic E-state index is -0.0151. The van der Waals surface area contributed by atoms with Crippen LogP contribution in [-0.2, 0) is 16.1 Å². The number of carbonyl (C=O) groups excluding carboxylic acids is 2. The number of hydrogen-bond donors (Lipinski definition) is 2. The third-order valence-electron chi connectivity index (χ3n) is 4.98. The Bertz CT molecular complexity index is 736. The van der Waals surface area contributed by atoms with Gasteiger partial charge in [0.1, 0.15) is 0 Å². The van der Waals surface area contributed by atoms with Gasteiger partial charge in [-0.3, -0.25) is 14.6 Å². The van der Waals surface area contributed by atoms with E-state index in [1.54, 1.807) is 12.4 Å². The molecule has 0 bridgehead atoms. The molecule has 2 amide bonds. The molecule has 26 heavy (non-hydrogen) atoms. The zero-order valence-electron chi connectivity index (χ0n) is 15.1. The summed E-state index contributed by atoms with van der Waals surface area (Å²) in [6.45, 7) is 2.52. The van der Waals surface area contributed by atoms with E-state index < -0.39 is 0 Å². The number of pyridine rings is 1. The van der Waals surface area contributed by atoms with Crippen molar-refractivity contribution in [2.24, 2.45) is 11.8 Å².